The van der Waals surface area contributed by atoms with E-state index in [9.17, 15) is 28.0 Å². The molecule has 254 valence electrons. The van der Waals surface area contributed by atoms with Gasteiger partial charge in [-0.3, -0.25) is 0 Å². The third-order valence-corrected chi connectivity index (χ3v) is 6.42. The molecule has 0 radical (unpaired) electrons. The standard InChI is InChI=1S/C36H36F2O10/c1-4-33(39)45-21-9-20-44-28-15-17-30(32(38)23-28)36(42)48-26-12-10-25(11-13-26)47-35(41)29-16-14-27(22-31(29)37)43-18-7-5-6-8-19-46-34(40)24(2)3/h4,10-17,22-23H,1-2,5-9,18-21H2,3H3. The molecular formula is C36H36F2O10. The molecule has 48 heavy (non-hydrogen) atoms. The average molecular weight is 667 g/mol. The van der Waals surface area contributed by atoms with Crippen molar-refractivity contribution in [2.24, 2.45) is 0 Å². The van der Waals surface area contributed by atoms with Crippen LogP contribution >= 0.6 is 0 Å². The second-order valence-electron chi connectivity index (χ2n) is 10.3. The molecule has 0 aliphatic heterocycles. The zero-order valence-corrected chi connectivity index (χ0v) is 26.5. The van der Waals surface area contributed by atoms with Gasteiger partial charge in [0.05, 0.1) is 37.6 Å². The summed E-state index contributed by atoms with van der Waals surface area (Å²) >= 11 is 0. The molecule has 0 aromatic heterocycles. The van der Waals surface area contributed by atoms with E-state index in [-0.39, 0.29) is 47.3 Å². The lowest BCUT2D eigenvalue weighted by atomic mass is 10.2. The zero-order chi connectivity index (χ0) is 34.9. The smallest absolute Gasteiger partial charge is 0.346 e. The molecule has 0 aliphatic rings. The van der Waals surface area contributed by atoms with Gasteiger partial charge in [0, 0.05) is 30.2 Å². The molecule has 0 saturated heterocycles. The van der Waals surface area contributed by atoms with Crippen LogP contribution in [0.25, 0.3) is 0 Å². The Kier molecular flexibility index (Phi) is 14.8. The molecule has 12 heteroatoms. The Labute approximate surface area is 276 Å². The van der Waals surface area contributed by atoms with E-state index in [2.05, 4.69) is 13.2 Å². The highest BCUT2D eigenvalue weighted by Gasteiger charge is 2.18. The van der Waals surface area contributed by atoms with E-state index in [1.54, 1.807) is 6.92 Å². The van der Waals surface area contributed by atoms with Crippen molar-refractivity contribution in [1.82, 2.24) is 0 Å². The van der Waals surface area contributed by atoms with E-state index < -0.39 is 35.5 Å². The summed E-state index contributed by atoms with van der Waals surface area (Å²) in [6.07, 6.45) is 4.50. The van der Waals surface area contributed by atoms with Gasteiger partial charge in [0.2, 0.25) is 0 Å². The number of esters is 4. The van der Waals surface area contributed by atoms with Gasteiger partial charge >= 0.3 is 23.9 Å². The van der Waals surface area contributed by atoms with Gasteiger partial charge < -0.3 is 28.4 Å². The van der Waals surface area contributed by atoms with Crippen molar-refractivity contribution in [2.45, 2.75) is 39.0 Å². The lowest BCUT2D eigenvalue weighted by Gasteiger charge is -2.10. The van der Waals surface area contributed by atoms with Crippen LogP contribution in [0.15, 0.2) is 85.5 Å². The molecule has 3 aromatic carbocycles. The number of halogens is 2. The van der Waals surface area contributed by atoms with E-state index in [1.165, 1.54) is 48.5 Å². The van der Waals surface area contributed by atoms with Gasteiger partial charge in [0.25, 0.3) is 0 Å². The molecule has 0 fully saturated rings. The van der Waals surface area contributed by atoms with E-state index in [0.717, 1.165) is 31.1 Å². The van der Waals surface area contributed by atoms with Gasteiger partial charge in [-0.15, -0.1) is 0 Å². The van der Waals surface area contributed by atoms with E-state index in [0.29, 0.717) is 38.0 Å². The second-order valence-corrected chi connectivity index (χ2v) is 10.3. The first-order valence-corrected chi connectivity index (χ1v) is 15.1. The number of carbonyl (C=O) groups is 4. The summed E-state index contributed by atoms with van der Waals surface area (Å²) in [4.78, 5) is 47.4. The highest BCUT2D eigenvalue weighted by Crippen LogP contribution is 2.24. The number of unbranched alkanes of at least 4 members (excludes halogenated alkanes) is 3. The minimum atomic E-state index is -0.967. The molecule has 0 saturated carbocycles. The van der Waals surface area contributed by atoms with Gasteiger partial charge in [-0.2, -0.15) is 0 Å². The summed E-state index contributed by atoms with van der Waals surface area (Å²) < 4.78 is 60.5. The van der Waals surface area contributed by atoms with Crippen molar-refractivity contribution in [2.75, 3.05) is 26.4 Å². The van der Waals surface area contributed by atoms with Crippen LogP contribution in [-0.2, 0) is 19.1 Å². The first kappa shape index (κ1) is 36.9. The van der Waals surface area contributed by atoms with Gasteiger partial charge in [0.15, 0.2) is 0 Å². The number of ether oxygens (including phenoxy) is 6. The molecule has 3 aromatic rings. The predicted octanol–water partition coefficient (Wildman–Crippen LogP) is 6.96. The van der Waals surface area contributed by atoms with Crippen molar-refractivity contribution in [1.29, 1.82) is 0 Å². The predicted molar refractivity (Wildman–Crippen MR) is 170 cm³/mol. The summed E-state index contributed by atoms with van der Waals surface area (Å²) in [5, 5.41) is 0. The lowest BCUT2D eigenvalue weighted by molar-refractivity contribution is -0.139. The third kappa shape index (κ3) is 12.3. The molecule has 10 nitrogen and oxygen atoms in total. The lowest BCUT2D eigenvalue weighted by Crippen LogP contribution is -2.12. The van der Waals surface area contributed by atoms with Crippen LogP contribution in [0.5, 0.6) is 23.0 Å². The number of carbonyl (C=O) groups excluding carboxylic acids is 4. The normalized spacial score (nSPS) is 10.4. The number of benzene rings is 3. The van der Waals surface area contributed by atoms with E-state index in [4.69, 9.17) is 28.4 Å². The monoisotopic (exact) mass is 666 g/mol. The van der Waals surface area contributed by atoms with Crippen LogP contribution in [0.4, 0.5) is 8.78 Å². The Balaban J connectivity index is 1.41. The molecule has 0 N–H and O–H groups in total. The van der Waals surface area contributed by atoms with Crippen LogP contribution in [0, 0.1) is 11.6 Å². The van der Waals surface area contributed by atoms with Crippen LogP contribution in [-0.4, -0.2) is 50.3 Å². The van der Waals surface area contributed by atoms with Gasteiger partial charge in [0.1, 0.15) is 34.6 Å². The van der Waals surface area contributed by atoms with Crippen molar-refractivity contribution >= 4 is 23.9 Å². The van der Waals surface area contributed by atoms with Gasteiger partial charge in [-0.1, -0.05) is 13.2 Å². The van der Waals surface area contributed by atoms with Crippen LogP contribution in [0.3, 0.4) is 0 Å². The minimum absolute atomic E-state index is 0.0486. The Hall–Kier alpha value is -5.52. The number of hydrogen-bond donors (Lipinski definition) is 0. The molecule has 0 heterocycles. The first-order valence-electron chi connectivity index (χ1n) is 15.1. The SMILES string of the molecule is C=CC(=O)OCCCOc1ccc(C(=O)Oc2ccc(OC(=O)c3ccc(OCCCCCCOC(=O)C(=C)C)cc3F)cc2)c(F)c1. The quantitative estimate of drug-likeness (QED) is 0.0574. The number of hydrogen-bond acceptors (Lipinski definition) is 10. The molecule has 0 aliphatic carbocycles. The van der Waals surface area contributed by atoms with Crippen LogP contribution in [0.2, 0.25) is 0 Å². The van der Waals surface area contributed by atoms with Crippen LogP contribution in [0.1, 0.15) is 59.7 Å². The summed E-state index contributed by atoms with van der Waals surface area (Å²) in [5.74, 6) is -4.03. The van der Waals surface area contributed by atoms with Crippen molar-refractivity contribution < 1.29 is 56.4 Å². The summed E-state index contributed by atoms with van der Waals surface area (Å²) in [6, 6.07) is 12.8. The van der Waals surface area contributed by atoms with E-state index >= 15 is 0 Å². The zero-order valence-electron chi connectivity index (χ0n) is 26.5. The highest BCUT2D eigenvalue weighted by molar-refractivity contribution is 5.92. The molecule has 0 unspecified atom stereocenters. The summed E-state index contributed by atoms with van der Waals surface area (Å²) in [6.45, 7) is 9.32. The maximum atomic E-state index is 14.7. The summed E-state index contributed by atoms with van der Waals surface area (Å²) in [7, 11) is 0. The van der Waals surface area contributed by atoms with Crippen molar-refractivity contribution in [3.63, 3.8) is 0 Å². The maximum absolute atomic E-state index is 14.7. The largest absolute Gasteiger partial charge is 0.493 e. The fourth-order valence-corrected chi connectivity index (χ4v) is 3.92. The van der Waals surface area contributed by atoms with E-state index in [1.807, 2.05) is 0 Å². The van der Waals surface area contributed by atoms with Crippen molar-refractivity contribution in [3.8, 4) is 23.0 Å². The average Bonchev–Trinajstić information content (AvgIpc) is 3.06. The molecule has 3 rings (SSSR count). The molecule has 0 atom stereocenters. The Morgan fingerprint density at radius 3 is 1.52 bits per heavy atom. The fraction of sp³-hybridized carbons (Fsp3) is 0.278. The Morgan fingerprint density at radius 1 is 0.625 bits per heavy atom. The topological polar surface area (TPSA) is 124 Å². The van der Waals surface area contributed by atoms with Crippen molar-refractivity contribution in [3.05, 3.63) is 108 Å². The number of rotatable bonds is 19. The molecule has 0 amide bonds. The Morgan fingerprint density at radius 2 is 1.06 bits per heavy atom. The highest BCUT2D eigenvalue weighted by atomic mass is 19.1. The fourth-order valence-electron chi connectivity index (χ4n) is 3.92. The molecule has 0 spiro atoms. The maximum Gasteiger partial charge on any atom is 0.346 e. The molecule has 0 bridgehead atoms. The van der Waals surface area contributed by atoms with Crippen LogP contribution < -0.4 is 18.9 Å². The van der Waals surface area contributed by atoms with Gasteiger partial charge in [-0.25, -0.2) is 28.0 Å². The molecular weight excluding hydrogens is 630 g/mol. The van der Waals surface area contributed by atoms with Gasteiger partial charge in [-0.05, 0) is 81.1 Å². The Bertz CT molecular complexity index is 1600. The second kappa shape index (κ2) is 19.2. The third-order valence-electron chi connectivity index (χ3n) is 6.42. The minimum Gasteiger partial charge on any atom is -0.493 e. The first-order chi connectivity index (χ1) is 23.1. The summed E-state index contributed by atoms with van der Waals surface area (Å²) in [5.41, 5.74) is -0.280.